The molecule has 31 heavy (non-hydrogen) atoms. The highest BCUT2D eigenvalue weighted by molar-refractivity contribution is 14.0. The molecule has 11 heteroatoms. The van der Waals surface area contributed by atoms with E-state index in [0.29, 0.717) is 38.6 Å². The number of alkyl carbamates (subject to hydrolysis) is 1. The Labute approximate surface area is 203 Å². The van der Waals surface area contributed by atoms with E-state index in [1.807, 2.05) is 34.6 Å². The lowest BCUT2D eigenvalue weighted by Gasteiger charge is -2.19. The molecule has 0 atom stereocenters. The van der Waals surface area contributed by atoms with Crippen LogP contribution < -0.4 is 20.7 Å². The molecule has 0 unspecified atom stereocenters. The van der Waals surface area contributed by atoms with E-state index in [-0.39, 0.29) is 35.4 Å². The molecule has 9 nitrogen and oxygen atoms in total. The second-order valence-corrected chi connectivity index (χ2v) is 9.45. The third-order valence-corrected chi connectivity index (χ3v) is 5.13. The maximum Gasteiger partial charge on any atom is 0.407 e. The summed E-state index contributed by atoms with van der Waals surface area (Å²) in [6, 6.07) is 6.70. The molecular formula is C20H36IN5O4S. The molecule has 1 aromatic carbocycles. The molecular weight excluding hydrogens is 533 g/mol. The quantitative estimate of drug-likeness (QED) is 0.149. The number of hydrogen-bond acceptors (Lipinski definition) is 5. The van der Waals surface area contributed by atoms with Crippen molar-refractivity contribution in [3.8, 4) is 0 Å². The summed E-state index contributed by atoms with van der Waals surface area (Å²) in [7, 11) is -3.54. The third kappa shape index (κ3) is 13.4. The molecule has 0 saturated carbocycles. The van der Waals surface area contributed by atoms with Crippen LogP contribution in [0, 0.1) is 6.92 Å². The molecule has 0 aromatic heterocycles. The van der Waals surface area contributed by atoms with Crippen molar-refractivity contribution in [1.29, 1.82) is 0 Å². The summed E-state index contributed by atoms with van der Waals surface area (Å²) in [6.07, 6.45) is 0.202. The zero-order valence-corrected chi connectivity index (χ0v) is 22.1. The molecule has 1 rings (SSSR count). The van der Waals surface area contributed by atoms with Gasteiger partial charge in [-0.15, -0.1) is 24.0 Å². The van der Waals surface area contributed by atoms with Crippen LogP contribution in [0.25, 0.3) is 0 Å². The van der Waals surface area contributed by atoms with E-state index in [2.05, 4.69) is 25.7 Å². The molecule has 1 aromatic rings. The van der Waals surface area contributed by atoms with Gasteiger partial charge in [0.2, 0.25) is 10.0 Å². The highest BCUT2D eigenvalue weighted by Crippen LogP contribution is 2.09. The molecule has 0 aliphatic heterocycles. The second-order valence-electron chi connectivity index (χ2n) is 7.68. The van der Waals surface area contributed by atoms with E-state index in [9.17, 15) is 13.2 Å². The molecule has 0 spiro atoms. The fraction of sp³-hybridized carbons (Fsp3) is 0.600. The van der Waals surface area contributed by atoms with E-state index in [1.165, 1.54) is 0 Å². The number of aliphatic imine (C=N–C) groups is 1. The number of nitrogens with one attached hydrogen (secondary N) is 4. The number of rotatable bonds is 10. The van der Waals surface area contributed by atoms with E-state index in [0.717, 1.165) is 5.56 Å². The van der Waals surface area contributed by atoms with Crippen molar-refractivity contribution in [3.05, 3.63) is 29.8 Å². The molecule has 0 aliphatic rings. The Hall–Kier alpha value is -1.60. The summed E-state index contributed by atoms with van der Waals surface area (Å²) in [5, 5.41) is 8.87. The Morgan fingerprint density at radius 1 is 1.03 bits per heavy atom. The van der Waals surface area contributed by atoms with Gasteiger partial charge >= 0.3 is 6.09 Å². The molecule has 0 saturated heterocycles. The van der Waals surface area contributed by atoms with Crippen molar-refractivity contribution in [3.63, 3.8) is 0 Å². The first kappa shape index (κ1) is 29.4. The van der Waals surface area contributed by atoms with E-state index in [4.69, 9.17) is 4.74 Å². The number of carbonyl (C=O) groups excluding carboxylic acids is 1. The Kier molecular flexibility index (Phi) is 13.7. The summed E-state index contributed by atoms with van der Waals surface area (Å²) in [5.74, 6) is 0.587. The van der Waals surface area contributed by atoms with Gasteiger partial charge in [-0.3, -0.25) is 4.99 Å². The molecule has 0 fully saturated rings. The van der Waals surface area contributed by atoms with Crippen LogP contribution in [0.4, 0.5) is 4.79 Å². The van der Waals surface area contributed by atoms with Crippen LogP contribution in [0.1, 0.15) is 39.7 Å². The van der Waals surface area contributed by atoms with Crippen molar-refractivity contribution in [2.24, 2.45) is 4.99 Å². The highest BCUT2D eigenvalue weighted by atomic mass is 127. The molecule has 0 heterocycles. The van der Waals surface area contributed by atoms with Gasteiger partial charge in [-0.1, -0.05) is 17.7 Å². The van der Waals surface area contributed by atoms with Gasteiger partial charge in [0.05, 0.1) is 4.90 Å². The van der Waals surface area contributed by atoms with Crippen molar-refractivity contribution in [2.75, 3.05) is 32.7 Å². The molecule has 0 radical (unpaired) electrons. The van der Waals surface area contributed by atoms with Gasteiger partial charge in [-0.25, -0.2) is 17.9 Å². The number of carbonyl (C=O) groups is 1. The highest BCUT2D eigenvalue weighted by Gasteiger charge is 2.15. The predicted octanol–water partition coefficient (Wildman–Crippen LogP) is 2.36. The normalized spacial score (nSPS) is 12.0. The first-order chi connectivity index (χ1) is 14.0. The SMILES string of the molecule is CCNC(=NCCCNC(=O)OC(C)(C)C)NCCNS(=O)(=O)c1ccc(C)cc1.I. The number of sulfonamides is 1. The molecule has 0 bridgehead atoms. The molecule has 0 aliphatic carbocycles. The van der Waals surface area contributed by atoms with E-state index in [1.54, 1.807) is 24.3 Å². The minimum absolute atomic E-state index is 0. The number of guanidine groups is 1. The van der Waals surface area contributed by atoms with Gasteiger partial charge in [-0.05, 0) is 53.2 Å². The predicted molar refractivity (Wildman–Crippen MR) is 135 cm³/mol. The standard InChI is InChI=1S/C20H35N5O4S.HI/c1-6-21-18(22-12-7-13-24-19(26)29-20(3,4)5)23-14-15-25-30(27,28)17-10-8-16(2)9-11-17;/h8-11,25H,6-7,12-15H2,1-5H3,(H,24,26)(H2,21,22,23);1H. The molecule has 1 amide bonds. The topological polar surface area (TPSA) is 121 Å². The van der Waals surface area contributed by atoms with Gasteiger partial charge in [0, 0.05) is 32.7 Å². The Morgan fingerprint density at radius 2 is 1.68 bits per heavy atom. The van der Waals surface area contributed by atoms with Crippen LogP contribution >= 0.6 is 24.0 Å². The summed E-state index contributed by atoms with van der Waals surface area (Å²) in [5.41, 5.74) is 0.481. The second kappa shape index (κ2) is 14.5. The average molecular weight is 570 g/mol. The Balaban J connectivity index is 0.00000900. The van der Waals surface area contributed by atoms with E-state index < -0.39 is 21.7 Å². The van der Waals surface area contributed by atoms with Crippen molar-refractivity contribution in [1.82, 2.24) is 20.7 Å². The minimum Gasteiger partial charge on any atom is -0.444 e. The maximum atomic E-state index is 12.3. The molecule has 178 valence electrons. The number of halogens is 1. The Morgan fingerprint density at radius 3 is 2.26 bits per heavy atom. The zero-order chi connectivity index (χ0) is 22.6. The largest absolute Gasteiger partial charge is 0.444 e. The molecule has 4 N–H and O–H groups in total. The number of aryl methyl sites for hydroxylation is 1. The summed E-state index contributed by atoms with van der Waals surface area (Å²) in [6.45, 7) is 11.5. The fourth-order valence-electron chi connectivity index (χ4n) is 2.28. The lowest BCUT2D eigenvalue weighted by Crippen LogP contribution is -2.41. The van der Waals surface area contributed by atoms with Gasteiger partial charge in [-0.2, -0.15) is 0 Å². The monoisotopic (exact) mass is 569 g/mol. The minimum atomic E-state index is -3.54. The van der Waals surface area contributed by atoms with Crippen LogP contribution in [0.15, 0.2) is 34.2 Å². The first-order valence-corrected chi connectivity index (χ1v) is 11.6. The summed E-state index contributed by atoms with van der Waals surface area (Å²) < 4.78 is 32.3. The van der Waals surface area contributed by atoms with Gasteiger partial charge in [0.15, 0.2) is 5.96 Å². The van der Waals surface area contributed by atoms with Crippen LogP contribution in [-0.4, -0.2) is 58.8 Å². The van der Waals surface area contributed by atoms with Crippen LogP contribution in [0.5, 0.6) is 0 Å². The zero-order valence-electron chi connectivity index (χ0n) is 18.9. The van der Waals surface area contributed by atoms with Gasteiger partial charge < -0.3 is 20.7 Å². The van der Waals surface area contributed by atoms with Crippen LogP contribution in [0.2, 0.25) is 0 Å². The van der Waals surface area contributed by atoms with Crippen LogP contribution in [-0.2, 0) is 14.8 Å². The Bertz CT molecular complexity index is 793. The number of ether oxygens (including phenoxy) is 1. The maximum absolute atomic E-state index is 12.3. The lowest BCUT2D eigenvalue weighted by molar-refractivity contribution is 0.0527. The number of amides is 1. The van der Waals surface area contributed by atoms with Crippen molar-refractivity contribution >= 4 is 46.1 Å². The number of hydrogen-bond donors (Lipinski definition) is 4. The number of benzene rings is 1. The summed E-state index contributed by atoms with van der Waals surface area (Å²) in [4.78, 5) is 16.2. The average Bonchev–Trinajstić information content (AvgIpc) is 2.63. The van der Waals surface area contributed by atoms with E-state index >= 15 is 0 Å². The fourth-order valence-corrected chi connectivity index (χ4v) is 3.32. The van der Waals surface area contributed by atoms with Crippen molar-refractivity contribution < 1.29 is 17.9 Å². The van der Waals surface area contributed by atoms with Crippen molar-refractivity contribution in [2.45, 2.75) is 51.5 Å². The first-order valence-electron chi connectivity index (χ1n) is 10.1. The van der Waals surface area contributed by atoms with Gasteiger partial charge in [0.25, 0.3) is 0 Å². The third-order valence-electron chi connectivity index (χ3n) is 3.66. The van der Waals surface area contributed by atoms with Gasteiger partial charge in [0.1, 0.15) is 5.60 Å². The van der Waals surface area contributed by atoms with Crippen LogP contribution in [0.3, 0.4) is 0 Å². The smallest absolute Gasteiger partial charge is 0.407 e. The summed E-state index contributed by atoms with van der Waals surface area (Å²) >= 11 is 0. The number of nitrogens with zero attached hydrogens (tertiary/aromatic N) is 1. The lowest BCUT2D eigenvalue weighted by atomic mass is 10.2.